The Hall–Kier alpha value is -3.34. The molecule has 33 heavy (non-hydrogen) atoms. The second-order valence-corrected chi connectivity index (χ2v) is 8.88. The van der Waals surface area contributed by atoms with Gasteiger partial charge >= 0.3 is 0 Å². The van der Waals surface area contributed by atoms with Gasteiger partial charge in [0, 0.05) is 18.0 Å². The predicted octanol–water partition coefficient (Wildman–Crippen LogP) is 5.00. The number of nitrogens with zero attached hydrogens (tertiary/aromatic N) is 1. The van der Waals surface area contributed by atoms with E-state index in [0.29, 0.717) is 12.3 Å². The Morgan fingerprint density at radius 3 is 2.48 bits per heavy atom. The summed E-state index contributed by atoms with van der Waals surface area (Å²) in [4.78, 5) is 28.0. The Morgan fingerprint density at radius 2 is 1.70 bits per heavy atom. The lowest BCUT2D eigenvalue weighted by Gasteiger charge is -2.30. The average molecular weight is 445 g/mol. The van der Waals surface area contributed by atoms with E-state index in [9.17, 15) is 9.59 Å². The Kier molecular flexibility index (Phi) is 7.28. The Bertz CT molecular complexity index is 1120. The van der Waals surface area contributed by atoms with Gasteiger partial charge in [-0.15, -0.1) is 0 Å². The number of aryl methyl sites for hydroxylation is 1. The molecular formula is C28H32N2O3. The smallest absolute Gasteiger partial charge is 0.261 e. The zero-order valence-electron chi connectivity index (χ0n) is 19.4. The number of carbonyl (C=O) groups is 2. The molecule has 3 aromatic carbocycles. The van der Waals surface area contributed by atoms with Gasteiger partial charge in [-0.25, -0.2) is 0 Å². The molecule has 0 aliphatic heterocycles. The zero-order valence-corrected chi connectivity index (χ0v) is 19.4. The lowest BCUT2D eigenvalue weighted by atomic mass is 10.1. The fourth-order valence-corrected chi connectivity index (χ4v) is 4.49. The molecule has 2 amide bonds. The van der Waals surface area contributed by atoms with Crippen LogP contribution in [-0.4, -0.2) is 35.4 Å². The van der Waals surface area contributed by atoms with Crippen LogP contribution in [0.3, 0.4) is 0 Å². The van der Waals surface area contributed by atoms with E-state index in [1.165, 1.54) is 0 Å². The first-order chi connectivity index (χ1) is 16.0. The molecule has 172 valence electrons. The molecule has 3 aromatic rings. The molecule has 5 heteroatoms. The van der Waals surface area contributed by atoms with E-state index < -0.39 is 6.04 Å². The fourth-order valence-electron chi connectivity index (χ4n) is 4.49. The highest BCUT2D eigenvalue weighted by molar-refractivity contribution is 5.90. The fraction of sp³-hybridized carbons (Fsp3) is 0.357. The van der Waals surface area contributed by atoms with Crippen LogP contribution in [0.4, 0.5) is 0 Å². The van der Waals surface area contributed by atoms with Gasteiger partial charge in [-0.2, -0.15) is 0 Å². The third-order valence-corrected chi connectivity index (χ3v) is 6.57. The van der Waals surface area contributed by atoms with Crippen LogP contribution in [0.2, 0.25) is 0 Å². The molecule has 0 heterocycles. The van der Waals surface area contributed by atoms with Crippen LogP contribution in [0.5, 0.6) is 5.75 Å². The Balaban J connectivity index is 1.51. The van der Waals surface area contributed by atoms with Crippen LogP contribution >= 0.6 is 0 Å². The number of hydrogen-bond donors (Lipinski definition) is 1. The molecule has 0 bridgehead atoms. The molecule has 5 nitrogen and oxygen atoms in total. The predicted molar refractivity (Wildman–Crippen MR) is 131 cm³/mol. The normalized spacial score (nSPS) is 14.7. The van der Waals surface area contributed by atoms with Crippen LogP contribution in [-0.2, 0) is 16.1 Å². The summed E-state index contributed by atoms with van der Waals surface area (Å²) in [6.07, 6.45) is 4.30. The second kappa shape index (κ2) is 10.5. The van der Waals surface area contributed by atoms with Gasteiger partial charge in [0.2, 0.25) is 5.91 Å². The molecule has 0 unspecified atom stereocenters. The van der Waals surface area contributed by atoms with E-state index in [0.717, 1.165) is 47.6 Å². The minimum Gasteiger partial charge on any atom is -0.483 e. The lowest BCUT2D eigenvalue weighted by molar-refractivity contribution is -0.142. The molecule has 0 radical (unpaired) electrons. The van der Waals surface area contributed by atoms with Gasteiger partial charge in [0.15, 0.2) is 6.61 Å². The number of fused-ring (bicyclic) bond motifs is 1. The van der Waals surface area contributed by atoms with Crippen molar-refractivity contribution in [2.45, 2.75) is 58.2 Å². The van der Waals surface area contributed by atoms with Crippen LogP contribution in [0.1, 0.15) is 43.7 Å². The standard InChI is InChI=1S/C28H32N2O3/c1-20-10-3-4-12-23(20)18-30(21(2)28(32)29-24-14-6-7-15-24)27(31)19-33-26-17-9-13-22-11-5-8-16-25(22)26/h3-5,8-13,16-17,21,24H,6-7,14-15,18-19H2,1-2H3,(H,29,32)/t21-/m1/s1. The van der Waals surface area contributed by atoms with Gasteiger partial charge in [0.05, 0.1) is 0 Å². The van der Waals surface area contributed by atoms with Crippen LogP contribution < -0.4 is 10.1 Å². The summed E-state index contributed by atoms with van der Waals surface area (Å²) < 4.78 is 5.97. The molecule has 4 rings (SSSR count). The maximum absolute atomic E-state index is 13.4. The van der Waals surface area contributed by atoms with Crippen molar-refractivity contribution < 1.29 is 14.3 Å². The van der Waals surface area contributed by atoms with E-state index in [2.05, 4.69) is 5.32 Å². The third kappa shape index (κ3) is 5.54. The summed E-state index contributed by atoms with van der Waals surface area (Å²) >= 11 is 0. The topological polar surface area (TPSA) is 58.6 Å². The van der Waals surface area contributed by atoms with Gasteiger partial charge in [-0.05, 0) is 49.3 Å². The molecule has 0 spiro atoms. The highest BCUT2D eigenvalue weighted by Crippen LogP contribution is 2.25. The van der Waals surface area contributed by atoms with Crippen molar-refractivity contribution in [3.8, 4) is 5.75 Å². The highest BCUT2D eigenvalue weighted by atomic mass is 16.5. The molecule has 0 saturated heterocycles. The van der Waals surface area contributed by atoms with E-state index in [1.54, 1.807) is 11.8 Å². The monoisotopic (exact) mass is 444 g/mol. The van der Waals surface area contributed by atoms with Crippen molar-refractivity contribution in [2.24, 2.45) is 0 Å². The van der Waals surface area contributed by atoms with Gasteiger partial charge in [0.1, 0.15) is 11.8 Å². The Morgan fingerprint density at radius 1 is 1.00 bits per heavy atom. The minimum absolute atomic E-state index is 0.103. The summed E-state index contributed by atoms with van der Waals surface area (Å²) in [7, 11) is 0. The number of rotatable bonds is 8. The number of carbonyl (C=O) groups excluding carboxylic acids is 2. The molecule has 1 N–H and O–H groups in total. The molecule has 1 fully saturated rings. The molecular weight excluding hydrogens is 412 g/mol. The maximum Gasteiger partial charge on any atom is 0.261 e. The largest absolute Gasteiger partial charge is 0.483 e. The van der Waals surface area contributed by atoms with Gasteiger partial charge < -0.3 is 15.0 Å². The third-order valence-electron chi connectivity index (χ3n) is 6.57. The van der Waals surface area contributed by atoms with Crippen LogP contribution in [0.25, 0.3) is 10.8 Å². The SMILES string of the molecule is Cc1ccccc1CN(C(=O)COc1cccc2ccccc12)[C@H](C)C(=O)NC1CCCC1. The van der Waals surface area contributed by atoms with Crippen molar-refractivity contribution in [2.75, 3.05) is 6.61 Å². The Labute approximate surface area is 195 Å². The molecule has 1 aliphatic carbocycles. The second-order valence-electron chi connectivity index (χ2n) is 8.88. The van der Waals surface area contributed by atoms with Crippen LogP contribution in [0, 0.1) is 6.92 Å². The van der Waals surface area contributed by atoms with E-state index in [1.807, 2.05) is 73.7 Å². The summed E-state index contributed by atoms with van der Waals surface area (Å²) in [5, 5.41) is 5.16. The van der Waals surface area contributed by atoms with Gasteiger partial charge in [0.25, 0.3) is 5.91 Å². The van der Waals surface area contributed by atoms with Crippen molar-refractivity contribution >= 4 is 22.6 Å². The number of nitrogens with one attached hydrogen (secondary N) is 1. The quantitative estimate of drug-likeness (QED) is 0.532. The number of ether oxygens (including phenoxy) is 1. The van der Waals surface area contributed by atoms with Gasteiger partial charge in [-0.1, -0.05) is 73.5 Å². The van der Waals surface area contributed by atoms with Gasteiger partial charge in [-0.3, -0.25) is 9.59 Å². The first-order valence-electron chi connectivity index (χ1n) is 11.8. The molecule has 1 aliphatic rings. The summed E-state index contributed by atoms with van der Waals surface area (Å²) in [5.74, 6) is 0.356. The van der Waals surface area contributed by atoms with E-state index in [-0.39, 0.29) is 24.5 Å². The molecule has 0 aromatic heterocycles. The van der Waals surface area contributed by atoms with Crippen molar-refractivity contribution in [3.63, 3.8) is 0 Å². The van der Waals surface area contributed by atoms with Crippen molar-refractivity contribution in [1.82, 2.24) is 10.2 Å². The highest BCUT2D eigenvalue weighted by Gasteiger charge is 2.29. The molecule has 1 saturated carbocycles. The summed E-state index contributed by atoms with van der Waals surface area (Å²) in [5.41, 5.74) is 2.12. The lowest BCUT2D eigenvalue weighted by Crippen LogP contribution is -2.50. The summed E-state index contributed by atoms with van der Waals surface area (Å²) in [6.45, 7) is 4.07. The summed E-state index contributed by atoms with van der Waals surface area (Å²) in [6, 6.07) is 21.3. The first kappa shape index (κ1) is 22.8. The number of hydrogen-bond acceptors (Lipinski definition) is 3. The average Bonchev–Trinajstić information content (AvgIpc) is 3.34. The molecule has 1 atom stereocenters. The maximum atomic E-state index is 13.4. The van der Waals surface area contributed by atoms with E-state index >= 15 is 0 Å². The van der Waals surface area contributed by atoms with E-state index in [4.69, 9.17) is 4.74 Å². The first-order valence-corrected chi connectivity index (χ1v) is 11.8. The number of amides is 2. The van der Waals surface area contributed by atoms with Crippen LogP contribution in [0.15, 0.2) is 66.7 Å². The minimum atomic E-state index is -0.589. The number of benzene rings is 3. The van der Waals surface area contributed by atoms with Crippen molar-refractivity contribution in [1.29, 1.82) is 0 Å². The van der Waals surface area contributed by atoms with Crippen molar-refractivity contribution in [3.05, 3.63) is 77.9 Å². The zero-order chi connectivity index (χ0) is 23.2.